The van der Waals surface area contributed by atoms with Crippen molar-refractivity contribution < 1.29 is 19.1 Å². The maximum atomic E-state index is 12.6. The Labute approximate surface area is 164 Å². The first-order valence-corrected chi connectivity index (χ1v) is 9.35. The van der Waals surface area contributed by atoms with Crippen LogP contribution in [0.25, 0.3) is 10.8 Å². The number of hydrogen-bond acceptors (Lipinski definition) is 5. The average Bonchev–Trinajstić information content (AvgIpc) is 2.69. The van der Waals surface area contributed by atoms with Crippen molar-refractivity contribution in [1.82, 2.24) is 15.5 Å². The molecule has 1 aliphatic rings. The van der Waals surface area contributed by atoms with Crippen molar-refractivity contribution >= 4 is 28.6 Å². The van der Waals surface area contributed by atoms with Gasteiger partial charge in [0.2, 0.25) is 11.8 Å². The molecule has 0 spiro atoms. The van der Waals surface area contributed by atoms with Crippen LogP contribution in [0.3, 0.4) is 0 Å². The zero-order valence-electron chi connectivity index (χ0n) is 16.1. The van der Waals surface area contributed by atoms with Gasteiger partial charge in [0.1, 0.15) is 6.04 Å². The maximum Gasteiger partial charge on any atom is 0.307 e. The van der Waals surface area contributed by atoms with Gasteiger partial charge < -0.3 is 15.4 Å². The highest BCUT2D eigenvalue weighted by Gasteiger charge is 2.33. The van der Waals surface area contributed by atoms with E-state index in [2.05, 4.69) is 15.4 Å². The van der Waals surface area contributed by atoms with E-state index in [1.165, 1.54) is 7.11 Å². The number of ether oxygens (including phenoxy) is 1. The number of esters is 1. The third kappa shape index (κ3) is 4.48. The molecule has 1 aliphatic heterocycles. The lowest BCUT2D eigenvalue weighted by molar-refractivity contribution is -0.146. The smallest absolute Gasteiger partial charge is 0.307 e. The van der Waals surface area contributed by atoms with Gasteiger partial charge in [0.05, 0.1) is 26.1 Å². The van der Waals surface area contributed by atoms with E-state index in [1.807, 2.05) is 49.4 Å². The number of benzene rings is 2. The van der Waals surface area contributed by atoms with Crippen LogP contribution in [-0.4, -0.2) is 55.5 Å². The van der Waals surface area contributed by atoms with Gasteiger partial charge in [0, 0.05) is 13.1 Å². The Balaban J connectivity index is 1.68. The van der Waals surface area contributed by atoms with Crippen LogP contribution in [-0.2, 0) is 19.1 Å². The summed E-state index contributed by atoms with van der Waals surface area (Å²) in [6.45, 7) is 2.94. The molecule has 1 heterocycles. The first-order valence-electron chi connectivity index (χ1n) is 9.35. The largest absolute Gasteiger partial charge is 0.469 e. The van der Waals surface area contributed by atoms with Gasteiger partial charge >= 0.3 is 5.97 Å². The molecule has 1 fully saturated rings. The maximum absolute atomic E-state index is 12.6. The Morgan fingerprint density at radius 2 is 2.00 bits per heavy atom. The highest BCUT2D eigenvalue weighted by molar-refractivity contribution is 5.89. The van der Waals surface area contributed by atoms with Gasteiger partial charge in [-0.2, -0.15) is 0 Å². The molecule has 148 valence electrons. The Hall–Kier alpha value is -2.93. The SMILES string of the molecule is COC(=O)CC1C(=O)NCCN1CC(=O)NC(C)c1cccc2ccccc12. The quantitative estimate of drug-likeness (QED) is 0.736. The minimum atomic E-state index is -0.695. The number of nitrogens with zero attached hydrogens (tertiary/aromatic N) is 1. The molecule has 2 atom stereocenters. The molecular formula is C21H25N3O4. The van der Waals surface area contributed by atoms with Gasteiger partial charge in [0.25, 0.3) is 0 Å². The first kappa shape index (κ1) is 19.8. The summed E-state index contributed by atoms with van der Waals surface area (Å²) in [5, 5.41) is 7.95. The molecule has 0 saturated carbocycles. The number of hydrogen-bond donors (Lipinski definition) is 2. The summed E-state index contributed by atoms with van der Waals surface area (Å²) in [7, 11) is 1.28. The summed E-state index contributed by atoms with van der Waals surface area (Å²) in [5.41, 5.74) is 1.04. The highest BCUT2D eigenvalue weighted by Crippen LogP contribution is 2.24. The lowest BCUT2D eigenvalue weighted by Crippen LogP contribution is -2.58. The van der Waals surface area contributed by atoms with E-state index in [1.54, 1.807) is 4.90 Å². The zero-order valence-corrected chi connectivity index (χ0v) is 16.1. The lowest BCUT2D eigenvalue weighted by Gasteiger charge is -2.34. The van der Waals surface area contributed by atoms with Gasteiger partial charge in [-0.3, -0.25) is 19.3 Å². The molecule has 2 amide bonds. The normalized spacial score (nSPS) is 18.4. The minimum absolute atomic E-state index is 0.0458. The topological polar surface area (TPSA) is 87.7 Å². The summed E-state index contributed by atoms with van der Waals surface area (Å²) in [5.74, 6) is -0.923. The molecule has 28 heavy (non-hydrogen) atoms. The Morgan fingerprint density at radius 1 is 1.25 bits per heavy atom. The van der Waals surface area contributed by atoms with E-state index in [-0.39, 0.29) is 30.8 Å². The number of carbonyl (C=O) groups excluding carboxylic acids is 3. The standard InChI is InChI=1S/C21H25N3O4/c1-14(16-9-5-7-15-6-3-4-8-17(15)16)23-19(25)13-24-11-10-22-21(27)18(24)12-20(26)28-2/h3-9,14,18H,10-13H2,1-2H3,(H,22,27)(H,23,25). The van der Waals surface area contributed by atoms with E-state index >= 15 is 0 Å². The van der Waals surface area contributed by atoms with Crippen molar-refractivity contribution in [2.24, 2.45) is 0 Å². The number of rotatable bonds is 6. The van der Waals surface area contributed by atoms with Crippen molar-refractivity contribution in [2.75, 3.05) is 26.7 Å². The van der Waals surface area contributed by atoms with Crippen molar-refractivity contribution in [2.45, 2.75) is 25.4 Å². The van der Waals surface area contributed by atoms with Crippen LogP contribution >= 0.6 is 0 Å². The number of methoxy groups -OCH3 is 1. The van der Waals surface area contributed by atoms with Crippen LogP contribution in [0.5, 0.6) is 0 Å². The summed E-state index contributed by atoms with van der Waals surface area (Å²) >= 11 is 0. The molecule has 2 N–H and O–H groups in total. The van der Waals surface area contributed by atoms with E-state index in [9.17, 15) is 14.4 Å². The summed E-state index contributed by atoms with van der Waals surface area (Å²) in [4.78, 5) is 38.1. The molecular weight excluding hydrogens is 358 g/mol. The number of nitrogens with one attached hydrogen (secondary N) is 2. The van der Waals surface area contributed by atoms with Gasteiger partial charge in [-0.25, -0.2) is 0 Å². The molecule has 0 aliphatic carbocycles. The van der Waals surface area contributed by atoms with E-state index in [0.717, 1.165) is 16.3 Å². The fourth-order valence-electron chi connectivity index (χ4n) is 3.59. The molecule has 1 saturated heterocycles. The lowest BCUT2D eigenvalue weighted by atomic mass is 9.99. The van der Waals surface area contributed by atoms with E-state index in [0.29, 0.717) is 13.1 Å². The van der Waals surface area contributed by atoms with Gasteiger partial charge in [0.15, 0.2) is 0 Å². The van der Waals surface area contributed by atoms with Crippen LogP contribution in [0.2, 0.25) is 0 Å². The van der Waals surface area contributed by atoms with Gasteiger partial charge in [-0.1, -0.05) is 42.5 Å². The molecule has 0 aromatic heterocycles. The third-order valence-electron chi connectivity index (χ3n) is 5.04. The van der Waals surface area contributed by atoms with Crippen LogP contribution in [0.1, 0.15) is 24.9 Å². The molecule has 7 heteroatoms. The second-order valence-corrected chi connectivity index (χ2v) is 6.92. The molecule has 2 aromatic carbocycles. The zero-order chi connectivity index (χ0) is 20.1. The molecule has 7 nitrogen and oxygen atoms in total. The summed E-state index contributed by atoms with van der Waals surface area (Å²) in [6, 6.07) is 13.2. The Bertz CT molecular complexity index is 878. The number of amides is 2. The van der Waals surface area contributed by atoms with Gasteiger partial charge in [-0.05, 0) is 23.3 Å². The predicted octanol–water partition coefficient (Wildman–Crippen LogP) is 1.38. The predicted molar refractivity (Wildman–Crippen MR) is 106 cm³/mol. The molecule has 2 unspecified atom stereocenters. The van der Waals surface area contributed by atoms with Crippen molar-refractivity contribution in [3.63, 3.8) is 0 Å². The highest BCUT2D eigenvalue weighted by atomic mass is 16.5. The number of carbonyl (C=O) groups is 3. The minimum Gasteiger partial charge on any atom is -0.469 e. The van der Waals surface area contributed by atoms with Crippen molar-refractivity contribution in [3.8, 4) is 0 Å². The second kappa shape index (κ2) is 8.84. The Kier molecular flexibility index (Phi) is 6.26. The monoisotopic (exact) mass is 383 g/mol. The molecule has 3 rings (SSSR count). The Morgan fingerprint density at radius 3 is 2.79 bits per heavy atom. The first-order chi connectivity index (χ1) is 13.5. The van der Waals surface area contributed by atoms with E-state index < -0.39 is 12.0 Å². The van der Waals surface area contributed by atoms with Crippen LogP contribution in [0.4, 0.5) is 0 Å². The number of piperazine rings is 1. The summed E-state index contributed by atoms with van der Waals surface area (Å²) in [6.07, 6.45) is -0.0749. The van der Waals surface area contributed by atoms with Crippen LogP contribution < -0.4 is 10.6 Å². The average molecular weight is 383 g/mol. The van der Waals surface area contributed by atoms with Crippen LogP contribution in [0, 0.1) is 0 Å². The molecule has 2 aromatic rings. The third-order valence-corrected chi connectivity index (χ3v) is 5.04. The number of fused-ring (bicyclic) bond motifs is 1. The molecule has 0 radical (unpaired) electrons. The second-order valence-electron chi connectivity index (χ2n) is 6.92. The fourth-order valence-corrected chi connectivity index (χ4v) is 3.59. The summed E-state index contributed by atoms with van der Waals surface area (Å²) < 4.78 is 4.67. The van der Waals surface area contributed by atoms with Crippen molar-refractivity contribution in [3.05, 3.63) is 48.0 Å². The van der Waals surface area contributed by atoms with Crippen molar-refractivity contribution in [1.29, 1.82) is 0 Å². The van der Waals surface area contributed by atoms with E-state index in [4.69, 9.17) is 0 Å². The molecule has 0 bridgehead atoms. The van der Waals surface area contributed by atoms with Crippen LogP contribution in [0.15, 0.2) is 42.5 Å². The van der Waals surface area contributed by atoms with Gasteiger partial charge in [-0.15, -0.1) is 0 Å². The fraction of sp³-hybridized carbons (Fsp3) is 0.381.